The maximum absolute atomic E-state index is 6.25. The molecule has 106 valence electrons. The van der Waals surface area contributed by atoms with Gasteiger partial charge in [-0.3, -0.25) is 4.98 Å². The van der Waals surface area contributed by atoms with Crippen LogP contribution in [-0.2, 0) is 6.54 Å². The number of hydrogen-bond donors (Lipinski definition) is 1. The number of hydrogen-bond acceptors (Lipinski definition) is 4. The molecule has 0 atom stereocenters. The third-order valence-corrected chi connectivity index (χ3v) is 3.89. The van der Waals surface area contributed by atoms with Gasteiger partial charge in [-0.15, -0.1) is 0 Å². The fourth-order valence-corrected chi connectivity index (χ4v) is 2.55. The number of anilines is 1. The number of rotatable bonds is 4. The summed E-state index contributed by atoms with van der Waals surface area (Å²) >= 11 is 6.25. The quantitative estimate of drug-likeness (QED) is 0.803. The number of pyridine rings is 1. The minimum absolute atomic E-state index is 0.492. The molecule has 3 heterocycles. The van der Waals surface area contributed by atoms with Gasteiger partial charge in [0.2, 0.25) is 0 Å². The van der Waals surface area contributed by atoms with Crippen LogP contribution in [0.5, 0.6) is 0 Å². The summed E-state index contributed by atoms with van der Waals surface area (Å²) in [5, 5.41) is 8.53. The molecule has 1 N–H and O–H groups in total. The third kappa shape index (κ3) is 2.45. The zero-order chi connectivity index (χ0) is 14.2. The third-order valence-electron chi connectivity index (χ3n) is 3.58. The molecule has 0 spiro atoms. The van der Waals surface area contributed by atoms with Crippen molar-refractivity contribution in [1.29, 1.82) is 0 Å². The molecule has 0 unspecified atom stereocenters. The van der Waals surface area contributed by atoms with Crippen LogP contribution in [-0.4, -0.2) is 19.6 Å². The van der Waals surface area contributed by atoms with Gasteiger partial charge in [-0.2, -0.15) is 5.10 Å². The van der Waals surface area contributed by atoms with E-state index in [1.807, 2.05) is 35.0 Å². The van der Waals surface area contributed by atoms with Gasteiger partial charge in [0, 0.05) is 18.3 Å². The predicted molar refractivity (Wildman–Crippen MR) is 81.5 cm³/mol. The highest BCUT2D eigenvalue weighted by Crippen LogP contribution is 2.39. The maximum atomic E-state index is 6.25. The van der Waals surface area contributed by atoms with E-state index in [9.17, 15) is 0 Å². The van der Waals surface area contributed by atoms with Crippen LogP contribution >= 0.6 is 11.6 Å². The second-order valence-electron chi connectivity index (χ2n) is 5.22. The second kappa shape index (κ2) is 5.00. The standard InChI is InChI=1S/C15H14ClN5/c16-12-6-8-21-13(12)15(19-14(20-21)10-4-5-10)18-9-11-3-1-2-7-17-11/h1-3,6-8,10H,4-5,9H2,(H,18,19,20). The van der Waals surface area contributed by atoms with E-state index in [0.717, 1.165) is 22.9 Å². The molecule has 21 heavy (non-hydrogen) atoms. The van der Waals surface area contributed by atoms with Crippen molar-refractivity contribution in [2.45, 2.75) is 25.3 Å². The Morgan fingerprint density at radius 3 is 2.95 bits per heavy atom. The Balaban J connectivity index is 1.70. The molecule has 1 fully saturated rings. The van der Waals surface area contributed by atoms with Crippen molar-refractivity contribution in [2.75, 3.05) is 5.32 Å². The van der Waals surface area contributed by atoms with Crippen LogP contribution in [0, 0.1) is 0 Å². The van der Waals surface area contributed by atoms with Gasteiger partial charge in [0.25, 0.3) is 0 Å². The SMILES string of the molecule is Clc1ccn2nc(C3CC3)nc(NCc3ccccn3)c12. The molecule has 5 nitrogen and oxygen atoms in total. The summed E-state index contributed by atoms with van der Waals surface area (Å²) in [6, 6.07) is 7.70. The van der Waals surface area contributed by atoms with Gasteiger partial charge in [0.15, 0.2) is 11.6 Å². The summed E-state index contributed by atoms with van der Waals surface area (Å²) in [6.45, 7) is 0.610. The Labute approximate surface area is 127 Å². The van der Waals surface area contributed by atoms with Gasteiger partial charge in [0.1, 0.15) is 5.52 Å². The Kier molecular flexibility index (Phi) is 3.00. The van der Waals surface area contributed by atoms with E-state index in [1.54, 1.807) is 6.20 Å². The predicted octanol–water partition coefficient (Wildman–Crippen LogP) is 3.27. The summed E-state index contributed by atoms with van der Waals surface area (Å²) in [4.78, 5) is 8.96. The smallest absolute Gasteiger partial charge is 0.156 e. The minimum Gasteiger partial charge on any atom is -0.363 e. The largest absolute Gasteiger partial charge is 0.363 e. The molecule has 1 saturated carbocycles. The summed E-state index contributed by atoms with van der Waals surface area (Å²) in [7, 11) is 0. The molecule has 3 aromatic rings. The van der Waals surface area contributed by atoms with Gasteiger partial charge in [0.05, 0.1) is 17.3 Å². The van der Waals surface area contributed by atoms with E-state index in [2.05, 4.69) is 20.4 Å². The van der Waals surface area contributed by atoms with Crippen molar-refractivity contribution in [3.63, 3.8) is 0 Å². The van der Waals surface area contributed by atoms with Gasteiger partial charge < -0.3 is 5.32 Å². The van der Waals surface area contributed by atoms with Crippen LogP contribution in [0.3, 0.4) is 0 Å². The fraction of sp³-hybridized carbons (Fsp3) is 0.267. The second-order valence-corrected chi connectivity index (χ2v) is 5.63. The zero-order valence-electron chi connectivity index (χ0n) is 11.3. The topological polar surface area (TPSA) is 55.1 Å². The first-order valence-corrected chi connectivity index (χ1v) is 7.37. The highest BCUT2D eigenvalue weighted by atomic mass is 35.5. The van der Waals surface area contributed by atoms with E-state index in [1.165, 1.54) is 12.8 Å². The van der Waals surface area contributed by atoms with Crippen LogP contribution in [0.25, 0.3) is 5.52 Å². The normalized spacial score (nSPS) is 14.5. The summed E-state index contributed by atoms with van der Waals surface area (Å²) in [5.41, 5.74) is 1.78. The number of halogens is 1. The maximum Gasteiger partial charge on any atom is 0.156 e. The fourth-order valence-electron chi connectivity index (χ4n) is 2.32. The van der Waals surface area contributed by atoms with Crippen molar-refractivity contribution < 1.29 is 0 Å². The monoisotopic (exact) mass is 299 g/mol. The lowest BCUT2D eigenvalue weighted by atomic mass is 10.3. The van der Waals surface area contributed by atoms with Gasteiger partial charge in [-0.25, -0.2) is 9.50 Å². The lowest BCUT2D eigenvalue weighted by molar-refractivity contribution is 0.804. The van der Waals surface area contributed by atoms with Crippen LogP contribution in [0.2, 0.25) is 5.02 Å². The first-order valence-electron chi connectivity index (χ1n) is 7.00. The molecule has 1 aliphatic rings. The Morgan fingerprint density at radius 1 is 1.29 bits per heavy atom. The zero-order valence-corrected chi connectivity index (χ0v) is 12.1. The molecule has 0 radical (unpaired) electrons. The number of aromatic nitrogens is 4. The van der Waals surface area contributed by atoms with E-state index in [-0.39, 0.29) is 0 Å². The number of nitrogens with one attached hydrogen (secondary N) is 1. The lowest BCUT2D eigenvalue weighted by Crippen LogP contribution is -2.08. The van der Waals surface area contributed by atoms with Crippen LogP contribution < -0.4 is 5.32 Å². The summed E-state index contributed by atoms with van der Waals surface area (Å²) < 4.78 is 1.81. The number of nitrogens with zero attached hydrogens (tertiary/aromatic N) is 4. The Bertz CT molecular complexity index is 779. The molecule has 1 aliphatic carbocycles. The highest BCUT2D eigenvalue weighted by molar-refractivity contribution is 6.34. The van der Waals surface area contributed by atoms with Gasteiger partial charge in [-0.1, -0.05) is 17.7 Å². The molecule has 6 heteroatoms. The van der Waals surface area contributed by atoms with Gasteiger partial charge in [-0.05, 0) is 31.0 Å². The Hall–Kier alpha value is -2.14. The molecule has 0 aromatic carbocycles. The van der Waals surface area contributed by atoms with Crippen molar-refractivity contribution in [1.82, 2.24) is 19.6 Å². The van der Waals surface area contributed by atoms with E-state index in [4.69, 9.17) is 11.6 Å². The Morgan fingerprint density at radius 2 is 2.19 bits per heavy atom. The van der Waals surface area contributed by atoms with Crippen molar-refractivity contribution >= 4 is 22.9 Å². The van der Waals surface area contributed by atoms with Crippen molar-refractivity contribution in [3.05, 3.63) is 53.2 Å². The molecule has 0 amide bonds. The number of fused-ring (bicyclic) bond motifs is 1. The van der Waals surface area contributed by atoms with E-state index < -0.39 is 0 Å². The molecule has 0 aliphatic heterocycles. The van der Waals surface area contributed by atoms with Crippen LogP contribution in [0.1, 0.15) is 30.3 Å². The molecular formula is C15H14ClN5. The molecular weight excluding hydrogens is 286 g/mol. The summed E-state index contributed by atoms with van der Waals surface area (Å²) in [5.74, 6) is 2.15. The van der Waals surface area contributed by atoms with Crippen molar-refractivity contribution in [2.24, 2.45) is 0 Å². The molecule has 0 saturated heterocycles. The van der Waals surface area contributed by atoms with E-state index >= 15 is 0 Å². The van der Waals surface area contributed by atoms with Crippen molar-refractivity contribution in [3.8, 4) is 0 Å². The highest BCUT2D eigenvalue weighted by Gasteiger charge is 2.28. The first-order chi connectivity index (χ1) is 10.3. The average Bonchev–Trinajstić information content (AvgIpc) is 3.30. The lowest BCUT2D eigenvalue weighted by Gasteiger charge is -2.09. The van der Waals surface area contributed by atoms with Crippen LogP contribution in [0.15, 0.2) is 36.7 Å². The van der Waals surface area contributed by atoms with E-state index in [0.29, 0.717) is 17.5 Å². The van der Waals surface area contributed by atoms with Crippen LogP contribution in [0.4, 0.5) is 5.82 Å². The molecule has 3 aromatic heterocycles. The first kappa shape index (κ1) is 12.6. The molecule has 4 rings (SSSR count). The summed E-state index contributed by atoms with van der Waals surface area (Å²) in [6.07, 6.45) is 5.99. The molecule has 0 bridgehead atoms. The average molecular weight is 300 g/mol. The minimum atomic E-state index is 0.492. The van der Waals surface area contributed by atoms with Gasteiger partial charge >= 0.3 is 0 Å².